The van der Waals surface area contributed by atoms with E-state index >= 15 is 0 Å². The van der Waals surface area contributed by atoms with Crippen molar-refractivity contribution in [3.05, 3.63) is 47.4 Å². The molecule has 0 saturated carbocycles. The molecule has 0 radical (unpaired) electrons. The van der Waals surface area contributed by atoms with E-state index in [1.165, 1.54) is 0 Å². The summed E-state index contributed by atoms with van der Waals surface area (Å²) in [7, 11) is 0. The predicted octanol–water partition coefficient (Wildman–Crippen LogP) is 3.97. The van der Waals surface area contributed by atoms with Crippen molar-refractivity contribution in [1.82, 2.24) is 9.97 Å². The molecule has 5 nitrogen and oxygen atoms in total. The maximum atomic E-state index is 12.4. The molecule has 5 heteroatoms. The first kappa shape index (κ1) is 17.9. The number of hydrogen-bond donors (Lipinski definition) is 1. The van der Waals surface area contributed by atoms with Crippen molar-refractivity contribution in [3.8, 4) is 0 Å². The summed E-state index contributed by atoms with van der Waals surface area (Å²) in [5.74, 6) is 0.589. The average molecular weight is 326 g/mol. The van der Waals surface area contributed by atoms with Crippen LogP contribution in [0.2, 0.25) is 0 Å². The fourth-order valence-electron chi connectivity index (χ4n) is 2.67. The van der Waals surface area contributed by atoms with Gasteiger partial charge in [-0.25, -0.2) is 9.97 Å². The molecule has 2 aromatic rings. The molecular weight excluding hydrogens is 300 g/mol. The van der Waals surface area contributed by atoms with E-state index in [0.717, 1.165) is 48.6 Å². The normalized spacial score (nSPS) is 10.5. The lowest BCUT2D eigenvalue weighted by molar-refractivity contribution is 0.102. The highest BCUT2D eigenvalue weighted by Crippen LogP contribution is 2.20. The molecule has 0 aliphatic heterocycles. The molecule has 1 amide bonds. The number of amides is 1. The molecule has 1 N–H and O–H groups in total. The van der Waals surface area contributed by atoms with Gasteiger partial charge in [0.2, 0.25) is 0 Å². The molecule has 0 bridgehead atoms. The van der Waals surface area contributed by atoms with Crippen LogP contribution in [0.3, 0.4) is 0 Å². The van der Waals surface area contributed by atoms with Gasteiger partial charge in [-0.05, 0) is 37.8 Å². The molecular formula is C19H26N4O. The van der Waals surface area contributed by atoms with E-state index in [0.29, 0.717) is 5.69 Å². The topological polar surface area (TPSA) is 58.1 Å². The van der Waals surface area contributed by atoms with E-state index in [4.69, 9.17) is 0 Å². The molecule has 128 valence electrons. The SMILES string of the molecule is CCCN(CCC)c1cnc(C(=O)Nc2c(C)cccc2C)cn1. The second-order valence-electron chi connectivity index (χ2n) is 5.97. The molecule has 2 rings (SSSR count). The zero-order valence-electron chi connectivity index (χ0n) is 15.0. The number of para-hydroxylation sites is 1. The number of anilines is 2. The number of aromatic nitrogens is 2. The van der Waals surface area contributed by atoms with Gasteiger partial charge in [0, 0.05) is 18.8 Å². The first-order valence-electron chi connectivity index (χ1n) is 8.51. The maximum absolute atomic E-state index is 12.4. The number of nitrogens with one attached hydrogen (secondary N) is 1. The highest BCUT2D eigenvalue weighted by molar-refractivity contribution is 6.03. The molecule has 0 aliphatic carbocycles. The van der Waals surface area contributed by atoms with Crippen LogP contribution in [0, 0.1) is 13.8 Å². The third-order valence-electron chi connectivity index (χ3n) is 3.90. The van der Waals surface area contributed by atoms with Gasteiger partial charge in [-0.2, -0.15) is 0 Å². The van der Waals surface area contributed by atoms with Gasteiger partial charge in [0.1, 0.15) is 11.5 Å². The summed E-state index contributed by atoms with van der Waals surface area (Å²) < 4.78 is 0. The Morgan fingerprint density at radius 1 is 1.04 bits per heavy atom. The van der Waals surface area contributed by atoms with Crippen LogP contribution in [0.5, 0.6) is 0 Å². The van der Waals surface area contributed by atoms with Gasteiger partial charge >= 0.3 is 0 Å². The molecule has 24 heavy (non-hydrogen) atoms. The van der Waals surface area contributed by atoms with Crippen LogP contribution < -0.4 is 10.2 Å². The monoisotopic (exact) mass is 326 g/mol. The van der Waals surface area contributed by atoms with Crippen LogP contribution in [0.4, 0.5) is 11.5 Å². The maximum Gasteiger partial charge on any atom is 0.275 e. The Labute approximate surface area is 144 Å². The zero-order chi connectivity index (χ0) is 17.5. The summed E-state index contributed by atoms with van der Waals surface area (Å²) in [5.41, 5.74) is 3.23. The van der Waals surface area contributed by atoms with Gasteiger partial charge in [-0.15, -0.1) is 0 Å². The fourth-order valence-corrected chi connectivity index (χ4v) is 2.67. The number of hydrogen-bond acceptors (Lipinski definition) is 4. The highest BCUT2D eigenvalue weighted by atomic mass is 16.1. The predicted molar refractivity (Wildman–Crippen MR) is 98.7 cm³/mol. The van der Waals surface area contributed by atoms with Crippen molar-refractivity contribution in [2.24, 2.45) is 0 Å². The van der Waals surface area contributed by atoms with E-state index < -0.39 is 0 Å². The number of aryl methyl sites for hydroxylation is 2. The first-order chi connectivity index (χ1) is 11.6. The molecule has 1 heterocycles. The van der Waals surface area contributed by atoms with Crippen molar-refractivity contribution in [1.29, 1.82) is 0 Å². The van der Waals surface area contributed by atoms with E-state index in [1.54, 1.807) is 12.4 Å². The molecule has 0 saturated heterocycles. The summed E-state index contributed by atoms with van der Waals surface area (Å²) in [4.78, 5) is 23.3. The minimum absolute atomic E-state index is 0.232. The van der Waals surface area contributed by atoms with Crippen molar-refractivity contribution < 1.29 is 4.79 Å². The Kier molecular flexibility index (Phi) is 6.29. The smallest absolute Gasteiger partial charge is 0.275 e. The molecule has 1 aromatic heterocycles. The van der Waals surface area contributed by atoms with Gasteiger partial charge in [0.05, 0.1) is 12.4 Å². The molecule has 1 aromatic carbocycles. The van der Waals surface area contributed by atoms with Crippen molar-refractivity contribution in [2.45, 2.75) is 40.5 Å². The van der Waals surface area contributed by atoms with Crippen LogP contribution in [-0.4, -0.2) is 29.0 Å². The minimum atomic E-state index is -0.232. The van der Waals surface area contributed by atoms with E-state index in [9.17, 15) is 4.79 Å². The number of carbonyl (C=O) groups excluding carboxylic acids is 1. The third-order valence-corrected chi connectivity index (χ3v) is 3.90. The zero-order valence-corrected chi connectivity index (χ0v) is 15.0. The summed E-state index contributed by atoms with van der Waals surface area (Å²) >= 11 is 0. The fraction of sp³-hybridized carbons (Fsp3) is 0.421. The van der Waals surface area contributed by atoms with Crippen molar-refractivity contribution in [2.75, 3.05) is 23.3 Å². The van der Waals surface area contributed by atoms with Crippen LogP contribution in [-0.2, 0) is 0 Å². The largest absolute Gasteiger partial charge is 0.355 e. The standard InChI is InChI=1S/C19H26N4O/c1-5-10-23(11-6-2)17-13-20-16(12-21-17)19(24)22-18-14(3)8-7-9-15(18)4/h7-9,12-13H,5-6,10-11H2,1-4H3,(H,22,24). The van der Waals surface area contributed by atoms with Gasteiger partial charge in [0.15, 0.2) is 0 Å². The summed E-state index contributed by atoms with van der Waals surface area (Å²) in [6.45, 7) is 10.1. The Hall–Kier alpha value is -2.43. The molecule has 0 aliphatic rings. The lowest BCUT2D eigenvalue weighted by atomic mass is 10.1. The Bertz CT molecular complexity index is 656. The lowest BCUT2D eigenvalue weighted by Crippen LogP contribution is -2.26. The number of rotatable bonds is 7. The second-order valence-corrected chi connectivity index (χ2v) is 5.97. The molecule has 0 unspecified atom stereocenters. The Morgan fingerprint density at radius 3 is 2.17 bits per heavy atom. The van der Waals surface area contributed by atoms with E-state index in [2.05, 4.69) is 34.0 Å². The summed E-state index contributed by atoms with van der Waals surface area (Å²) in [6.07, 6.45) is 5.34. The molecule has 0 fully saturated rings. The Balaban J connectivity index is 2.13. The summed E-state index contributed by atoms with van der Waals surface area (Å²) in [6, 6.07) is 5.93. The third kappa shape index (κ3) is 4.31. The number of nitrogens with zero attached hydrogens (tertiary/aromatic N) is 3. The van der Waals surface area contributed by atoms with Gasteiger partial charge in [-0.3, -0.25) is 4.79 Å². The Morgan fingerprint density at radius 2 is 1.67 bits per heavy atom. The van der Waals surface area contributed by atoms with Crippen molar-refractivity contribution in [3.63, 3.8) is 0 Å². The van der Waals surface area contributed by atoms with Crippen LogP contribution in [0.1, 0.15) is 48.3 Å². The second kappa shape index (κ2) is 8.43. The minimum Gasteiger partial charge on any atom is -0.355 e. The molecule has 0 atom stereocenters. The quantitative estimate of drug-likeness (QED) is 0.836. The number of carbonyl (C=O) groups is 1. The van der Waals surface area contributed by atoms with Gasteiger partial charge < -0.3 is 10.2 Å². The lowest BCUT2D eigenvalue weighted by Gasteiger charge is -2.22. The van der Waals surface area contributed by atoms with E-state index in [-0.39, 0.29) is 5.91 Å². The molecule has 0 spiro atoms. The van der Waals surface area contributed by atoms with Gasteiger partial charge in [-0.1, -0.05) is 32.0 Å². The summed E-state index contributed by atoms with van der Waals surface area (Å²) in [5, 5.41) is 2.94. The van der Waals surface area contributed by atoms with Gasteiger partial charge in [0.25, 0.3) is 5.91 Å². The van der Waals surface area contributed by atoms with E-state index in [1.807, 2.05) is 32.0 Å². The highest BCUT2D eigenvalue weighted by Gasteiger charge is 2.13. The van der Waals surface area contributed by atoms with Crippen LogP contribution in [0.25, 0.3) is 0 Å². The van der Waals surface area contributed by atoms with Crippen LogP contribution >= 0.6 is 0 Å². The number of benzene rings is 1. The average Bonchev–Trinajstić information content (AvgIpc) is 2.58. The van der Waals surface area contributed by atoms with Crippen LogP contribution in [0.15, 0.2) is 30.6 Å². The first-order valence-corrected chi connectivity index (χ1v) is 8.51. The van der Waals surface area contributed by atoms with Crippen molar-refractivity contribution >= 4 is 17.4 Å².